The molecule has 0 aliphatic heterocycles. The van der Waals surface area contributed by atoms with Crippen LogP contribution in [0.5, 0.6) is 0 Å². The lowest BCUT2D eigenvalue weighted by atomic mass is 10.1. The summed E-state index contributed by atoms with van der Waals surface area (Å²) in [4.78, 5) is 4.83. The van der Waals surface area contributed by atoms with Crippen molar-refractivity contribution in [3.05, 3.63) is 75.7 Å². The third kappa shape index (κ3) is 3.89. The Morgan fingerprint density at radius 1 is 0.900 bits per heavy atom. The number of alkyl halides is 6. The van der Waals surface area contributed by atoms with Crippen LogP contribution in [0.3, 0.4) is 0 Å². The Bertz CT molecular complexity index is 1270. The quantitative estimate of drug-likeness (QED) is 0.274. The molecule has 0 radical (unpaired) electrons. The second-order valence-corrected chi connectivity index (χ2v) is 7.07. The number of fused-ring (bicyclic) bond motifs is 1. The third-order valence-electron chi connectivity index (χ3n) is 4.09. The average Bonchev–Trinajstić information content (AvgIpc) is 3.34. The number of aromatic nitrogens is 3. The molecule has 30 heavy (non-hydrogen) atoms. The summed E-state index contributed by atoms with van der Waals surface area (Å²) in [5, 5.41) is 5.53. The van der Waals surface area contributed by atoms with Gasteiger partial charge in [-0.3, -0.25) is 0 Å². The van der Waals surface area contributed by atoms with Gasteiger partial charge in [-0.15, -0.1) is 11.3 Å². The van der Waals surface area contributed by atoms with Crippen LogP contribution >= 0.6 is 11.3 Å². The van der Waals surface area contributed by atoms with Gasteiger partial charge in [0.15, 0.2) is 11.3 Å². The fraction of sp³-hybridized carbons (Fsp3) is 0.100. The predicted molar refractivity (Wildman–Crippen MR) is 98.7 cm³/mol. The second-order valence-electron chi connectivity index (χ2n) is 6.12. The summed E-state index contributed by atoms with van der Waals surface area (Å²) in [5.41, 5.74) is -2.58. The van der Waals surface area contributed by atoms with Gasteiger partial charge >= 0.3 is 12.4 Å². The Labute approximate surface area is 169 Å². The van der Waals surface area contributed by atoms with E-state index in [0.717, 1.165) is 24.4 Å². The van der Waals surface area contributed by atoms with Crippen LogP contribution in [0.2, 0.25) is 0 Å². The lowest BCUT2D eigenvalue weighted by Crippen LogP contribution is -2.14. The van der Waals surface area contributed by atoms with E-state index in [2.05, 4.69) is 21.9 Å². The summed E-state index contributed by atoms with van der Waals surface area (Å²) >= 11 is 1.35. The average molecular weight is 437 g/mol. The molecule has 3 heterocycles. The lowest BCUT2D eigenvalue weighted by Gasteiger charge is -2.12. The molecule has 0 bridgehead atoms. The molecule has 0 atom stereocenters. The Kier molecular flexibility index (Phi) is 4.78. The summed E-state index contributed by atoms with van der Waals surface area (Å²) in [6.07, 6.45) is -8.29. The van der Waals surface area contributed by atoms with Gasteiger partial charge in [-0.05, 0) is 29.6 Å². The van der Waals surface area contributed by atoms with Crippen LogP contribution in [0, 0.1) is 11.8 Å². The highest BCUT2D eigenvalue weighted by Gasteiger charge is 2.36. The van der Waals surface area contributed by atoms with Crippen LogP contribution in [0.15, 0.2) is 54.0 Å². The molecule has 0 fully saturated rings. The first kappa shape index (κ1) is 20.0. The minimum atomic E-state index is -4.80. The van der Waals surface area contributed by atoms with Gasteiger partial charge in [0, 0.05) is 5.56 Å². The summed E-state index contributed by atoms with van der Waals surface area (Å²) in [5.74, 6) is 5.54. The van der Waals surface area contributed by atoms with E-state index in [1.165, 1.54) is 17.4 Å². The molecule has 0 saturated heterocycles. The zero-order chi connectivity index (χ0) is 21.5. The molecule has 1 aromatic carbocycles. The number of halogens is 6. The summed E-state index contributed by atoms with van der Waals surface area (Å²) in [6, 6.07) is 8.16. The highest BCUT2D eigenvalue weighted by Crippen LogP contribution is 2.35. The molecular formula is C20H9F6N3S. The second kappa shape index (κ2) is 7.18. The first-order valence-electron chi connectivity index (χ1n) is 8.32. The van der Waals surface area contributed by atoms with Crippen LogP contribution in [-0.2, 0) is 12.4 Å². The van der Waals surface area contributed by atoms with Crippen molar-refractivity contribution in [1.29, 1.82) is 0 Å². The number of thiophene rings is 1. The molecule has 0 unspecified atom stereocenters. The van der Waals surface area contributed by atoms with E-state index in [9.17, 15) is 26.3 Å². The van der Waals surface area contributed by atoms with Crippen LogP contribution in [0.1, 0.15) is 21.7 Å². The maximum atomic E-state index is 13.6. The van der Waals surface area contributed by atoms with Crippen molar-refractivity contribution in [1.82, 2.24) is 14.6 Å². The molecule has 0 aliphatic rings. The van der Waals surface area contributed by atoms with Crippen molar-refractivity contribution >= 4 is 17.0 Å². The molecule has 0 N–H and O–H groups in total. The molecule has 3 nitrogen and oxygen atoms in total. The maximum absolute atomic E-state index is 13.6. The molecule has 0 aliphatic carbocycles. The minimum absolute atomic E-state index is 0.101. The highest BCUT2D eigenvalue weighted by molar-refractivity contribution is 7.10. The number of benzene rings is 1. The normalized spacial score (nSPS) is 12.1. The fourth-order valence-corrected chi connectivity index (χ4v) is 3.31. The smallest absolute Gasteiger partial charge is 0.227 e. The third-order valence-corrected chi connectivity index (χ3v) is 4.87. The van der Waals surface area contributed by atoms with E-state index < -0.39 is 23.6 Å². The van der Waals surface area contributed by atoms with Crippen LogP contribution in [0.4, 0.5) is 26.3 Å². The Morgan fingerprint density at radius 3 is 2.37 bits per heavy atom. The van der Waals surface area contributed by atoms with E-state index in [1.54, 1.807) is 17.5 Å². The van der Waals surface area contributed by atoms with Gasteiger partial charge in [0.25, 0.3) is 0 Å². The molecule has 10 heteroatoms. The SMILES string of the molecule is FC(F)(F)c1cccc(-c2cc(C(F)(F)F)n3ncc(C#Cc4cccs4)c3n2)c1. The molecule has 0 amide bonds. The van der Waals surface area contributed by atoms with Gasteiger partial charge in [0.05, 0.1) is 27.9 Å². The lowest BCUT2D eigenvalue weighted by molar-refractivity contribution is -0.142. The highest BCUT2D eigenvalue weighted by atomic mass is 32.1. The van der Waals surface area contributed by atoms with E-state index >= 15 is 0 Å². The molecule has 0 spiro atoms. The number of hydrogen-bond donors (Lipinski definition) is 0. The van der Waals surface area contributed by atoms with Crippen LogP contribution in [0.25, 0.3) is 16.9 Å². The topological polar surface area (TPSA) is 30.2 Å². The monoisotopic (exact) mass is 437 g/mol. The number of rotatable bonds is 1. The van der Waals surface area contributed by atoms with E-state index in [1.807, 2.05) is 0 Å². The molecule has 4 rings (SSSR count). The molecule has 152 valence electrons. The van der Waals surface area contributed by atoms with Crippen molar-refractivity contribution in [3.8, 4) is 23.1 Å². The van der Waals surface area contributed by atoms with Gasteiger partial charge in [-0.1, -0.05) is 30.0 Å². The van der Waals surface area contributed by atoms with Crippen LogP contribution < -0.4 is 0 Å². The number of nitrogens with zero attached hydrogens (tertiary/aromatic N) is 3. The predicted octanol–water partition coefficient (Wildman–Crippen LogP) is 5.90. The molecule has 3 aromatic heterocycles. The standard InChI is InChI=1S/C20H9F6N3S/c21-19(22,23)14-4-1-3-12(9-14)16-10-17(20(24,25)26)29-18(28-16)13(11-27-29)6-7-15-5-2-8-30-15/h1-5,8-11H. The first-order valence-corrected chi connectivity index (χ1v) is 9.20. The fourth-order valence-electron chi connectivity index (χ4n) is 2.73. The van der Waals surface area contributed by atoms with Gasteiger partial charge in [0.1, 0.15) is 0 Å². The van der Waals surface area contributed by atoms with Crippen LogP contribution in [-0.4, -0.2) is 14.6 Å². The van der Waals surface area contributed by atoms with E-state index in [0.29, 0.717) is 15.5 Å². The molecule has 4 aromatic rings. The molecular weight excluding hydrogens is 428 g/mol. The van der Waals surface area contributed by atoms with Gasteiger partial charge in [-0.2, -0.15) is 31.4 Å². The van der Waals surface area contributed by atoms with Crippen molar-refractivity contribution in [2.24, 2.45) is 0 Å². The summed E-state index contributed by atoms with van der Waals surface area (Å²) < 4.78 is 80.5. The maximum Gasteiger partial charge on any atom is 0.433 e. The number of hydrogen-bond acceptors (Lipinski definition) is 3. The molecule has 0 saturated carbocycles. The summed E-state index contributed by atoms with van der Waals surface area (Å²) in [7, 11) is 0. The van der Waals surface area contributed by atoms with Crippen molar-refractivity contribution in [2.45, 2.75) is 12.4 Å². The van der Waals surface area contributed by atoms with Gasteiger partial charge < -0.3 is 0 Å². The first-order chi connectivity index (χ1) is 14.1. The van der Waals surface area contributed by atoms with Gasteiger partial charge in [0.2, 0.25) is 0 Å². The van der Waals surface area contributed by atoms with E-state index in [-0.39, 0.29) is 22.5 Å². The Morgan fingerprint density at radius 2 is 1.70 bits per heavy atom. The zero-order valence-corrected chi connectivity index (χ0v) is 15.5. The van der Waals surface area contributed by atoms with Crippen molar-refractivity contribution in [2.75, 3.05) is 0 Å². The largest absolute Gasteiger partial charge is 0.433 e. The summed E-state index contributed by atoms with van der Waals surface area (Å²) in [6.45, 7) is 0. The minimum Gasteiger partial charge on any atom is -0.227 e. The van der Waals surface area contributed by atoms with E-state index in [4.69, 9.17) is 0 Å². The Balaban J connectivity index is 1.92. The van der Waals surface area contributed by atoms with Crippen molar-refractivity contribution in [3.63, 3.8) is 0 Å². The Hall–Kier alpha value is -3.32. The van der Waals surface area contributed by atoms with Gasteiger partial charge in [-0.25, -0.2) is 9.50 Å². The zero-order valence-electron chi connectivity index (χ0n) is 14.7. The van der Waals surface area contributed by atoms with Crippen molar-refractivity contribution < 1.29 is 26.3 Å².